The molecule has 0 N–H and O–H groups in total. The molecule has 26 heavy (non-hydrogen) atoms. The highest BCUT2D eigenvalue weighted by molar-refractivity contribution is 9.10. The van der Waals surface area contributed by atoms with Crippen LogP contribution in [0.2, 0.25) is 0 Å². The van der Waals surface area contributed by atoms with Crippen LogP contribution in [0, 0.1) is 0 Å². The number of nitrogens with zero attached hydrogens (tertiary/aromatic N) is 1. The number of ether oxygens (including phenoxy) is 2. The second-order valence-corrected chi connectivity index (χ2v) is 8.25. The van der Waals surface area contributed by atoms with Crippen molar-refractivity contribution in [2.24, 2.45) is 0 Å². The summed E-state index contributed by atoms with van der Waals surface area (Å²) in [5.74, 6) is 0.309. The highest BCUT2D eigenvalue weighted by Gasteiger charge is 2.34. The molecule has 138 valence electrons. The maximum Gasteiger partial charge on any atom is 0.294 e. The van der Waals surface area contributed by atoms with Crippen LogP contribution in [0.4, 0.5) is 5.69 Å². The zero-order valence-electron chi connectivity index (χ0n) is 14.0. The van der Waals surface area contributed by atoms with E-state index in [1.54, 1.807) is 24.3 Å². The van der Waals surface area contributed by atoms with Gasteiger partial charge in [0.15, 0.2) is 20.3 Å². The Morgan fingerprint density at radius 1 is 1.23 bits per heavy atom. The summed E-state index contributed by atoms with van der Waals surface area (Å²) in [6.07, 6.45) is 1.48. The van der Waals surface area contributed by atoms with Crippen LogP contribution in [0.15, 0.2) is 50.9 Å². The number of rotatable bonds is 5. The van der Waals surface area contributed by atoms with Gasteiger partial charge in [-0.1, -0.05) is 0 Å². The molecule has 7 nitrogen and oxygen atoms in total. The number of carbonyl (C=O) groups excluding carboxylic acids is 1. The normalized spacial score (nSPS) is 17.9. The lowest BCUT2D eigenvalue weighted by Gasteiger charge is -2.28. The summed E-state index contributed by atoms with van der Waals surface area (Å²) in [6.45, 7) is 0. The first-order valence-electron chi connectivity index (χ1n) is 7.56. The van der Waals surface area contributed by atoms with Crippen LogP contribution in [0.1, 0.15) is 10.6 Å². The fraction of sp³-hybridized carbons (Fsp3) is 0.235. The third-order valence-corrected chi connectivity index (χ3v) is 5.70. The number of furan rings is 1. The van der Waals surface area contributed by atoms with Crippen LogP contribution < -0.4 is 14.4 Å². The van der Waals surface area contributed by atoms with Crippen molar-refractivity contribution in [2.45, 2.75) is 6.04 Å². The molecule has 1 aromatic carbocycles. The van der Waals surface area contributed by atoms with Gasteiger partial charge >= 0.3 is 0 Å². The number of methoxy groups -OCH3 is 2. The van der Waals surface area contributed by atoms with Gasteiger partial charge in [-0.25, -0.2) is 8.42 Å². The predicted molar refractivity (Wildman–Crippen MR) is 99.5 cm³/mol. The molecule has 0 saturated heterocycles. The van der Waals surface area contributed by atoms with Crippen molar-refractivity contribution >= 4 is 37.4 Å². The zero-order chi connectivity index (χ0) is 18.9. The minimum absolute atomic E-state index is 0.0763. The van der Waals surface area contributed by atoms with Gasteiger partial charge in [0, 0.05) is 11.5 Å². The van der Waals surface area contributed by atoms with E-state index >= 15 is 0 Å². The van der Waals surface area contributed by atoms with Crippen molar-refractivity contribution in [3.63, 3.8) is 0 Å². The number of sulfone groups is 1. The molecule has 9 heteroatoms. The van der Waals surface area contributed by atoms with Crippen molar-refractivity contribution < 1.29 is 27.1 Å². The average Bonchev–Trinajstić information content (AvgIpc) is 3.20. The largest absolute Gasteiger partial charge is 0.497 e. The molecule has 1 aliphatic rings. The summed E-state index contributed by atoms with van der Waals surface area (Å²) < 4.78 is 40.1. The van der Waals surface area contributed by atoms with E-state index in [9.17, 15) is 13.2 Å². The molecule has 1 amide bonds. The fourth-order valence-electron chi connectivity index (χ4n) is 2.69. The Morgan fingerprint density at radius 2 is 2.00 bits per heavy atom. The SMILES string of the molecule is COc1ccc(N(C(=O)c2ccc(Br)o2)[C@H]2C=CS(=O)(=O)C2)c(OC)c1. The average molecular weight is 442 g/mol. The number of carbonyl (C=O) groups is 1. The minimum Gasteiger partial charge on any atom is -0.497 e. The van der Waals surface area contributed by atoms with Crippen molar-refractivity contribution in [1.82, 2.24) is 0 Å². The first-order valence-corrected chi connectivity index (χ1v) is 10.1. The molecule has 0 aliphatic carbocycles. The molecule has 2 heterocycles. The van der Waals surface area contributed by atoms with Gasteiger partial charge in [-0.2, -0.15) is 0 Å². The van der Waals surface area contributed by atoms with Crippen molar-refractivity contribution in [1.29, 1.82) is 0 Å². The van der Waals surface area contributed by atoms with E-state index in [1.165, 1.54) is 31.3 Å². The molecule has 2 aromatic rings. The maximum atomic E-state index is 13.1. The van der Waals surface area contributed by atoms with Crippen molar-refractivity contribution in [3.8, 4) is 11.5 Å². The topological polar surface area (TPSA) is 86.0 Å². The molecule has 1 aromatic heterocycles. The number of hydrogen-bond donors (Lipinski definition) is 0. The smallest absolute Gasteiger partial charge is 0.294 e. The lowest BCUT2D eigenvalue weighted by atomic mass is 10.1. The Bertz CT molecular complexity index is 965. The molecule has 3 rings (SSSR count). The van der Waals surface area contributed by atoms with E-state index in [4.69, 9.17) is 13.9 Å². The molecular weight excluding hydrogens is 426 g/mol. The van der Waals surface area contributed by atoms with Gasteiger partial charge in [-0.3, -0.25) is 9.69 Å². The van der Waals surface area contributed by atoms with Crippen LogP contribution in [-0.4, -0.2) is 40.3 Å². The van der Waals surface area contributed by atoms with Gasteiger partial charge in [0.1, 0.15) is 11.5 Å². The molecule has 1 atom stereocenters. The number of anilines is 1. The van der Waals surface area contributed by atoms with Crippen LogP contribution in [0.3, 0.4) is 0 Å². The van der Waals surface area contributed by atoms with Gasteiger partial charge in [0.25, 0.3) is 5.91 Å². The van der Waals surface area contributed by atoms with Crippen LogP contribution in [0.25, 0.3) is 0 Å². The summed E-state index contributed by atoms with van der Waals surface area (Å²) in [4.78, 5) is 14.4. The molecule has 0 saturated carbocycles. The Balaban J connectivity index is 2.09. The van der Waals surface area contributed by atoms with Crippen LogP contribution >= 0.6 is 15.9 Å². The number of amides is 1. The number of hydrogen-bond acceptors (Lipinski definition) is 6. The summed E-state index contributed by atoms with van der Waals surface area (Å²) in [5.41, 5.74) is 0.414. The Kier molecular flexibility index (Phi) is 5.10. The molecule has 1 aliphatic heterocycles. The quantitative estimate of drug-likeness (QED) is 0.708. The highest BCUT2D eigenvalue weighted by Crippen LogP contribution is 2.36. The number of halogens is 1. The van der Waals surface area contributed by atoms with E-state index in [-0.39, 0.29) is 11.5 Å². The highest BCUT2D eigenvalue weighted by atomic mass is 79.9. The minimum atomic E-state index is -3.37. The first-order chi connectivity index (χ1) is 12.3. The van der Waals surface area contributed by atoms with Gasteiger partial charge in [-0.05, 0) is 46.3 Å². The van der Waals surface area contributed by atoms with Crippen molar-refractivity contribution in [3.05, 3.63) is 52.2 Å². The first kappa shape index (κ1) is 18.5. The number of benzene rings is 1. The lowest BCUT2D eigenvalue weighted by molar-refractivity contribution is 0.0954. The van der Waals surface area contributed by atoms with E-state index in [0.29, 0.717) is 21.9 Å². The third kappa shape index (κ3) is 3.63. The zero-order valence-corrected chi connectivity index (χ0v) is 16.4. The third-order valence-electron chi connectivity index (χ3n) is 3.89. The molecule has 0 spiro atoms. The summed E-state index contributed by atoms with van der Waals surface area (Å²) in [5, 5.41) is 1.12. The van der Waals surface area contributed by atoms with E-state index < -0.39 is 21.8 Å². The van der Waals surface area contributed by atoms with Gasteiger partial charge in [-0.15, -0.1) is 0 Å². The predicted octanol–water partition coefficient (Wildman–Crippen LogP) is 3.02. The maximum absolute atomic E-state index is 13.1. The lowest BCUT2D eigenvalue weighted by Crippen LogP contribution is -2.41. The standard InChI is InChI=1S/C17H16BrNO6S/c1-23-12-3-4-13(15(9-12)24-2)19(11-7-8-26(21,22)10-11)17(20)14-5-6-16(18)25-14/h3-9,11H,10H2,1-2H3/t11-/m0/s1. The van der Waals surface area contributed by atoms with Crippen LogP contribution in [-0.2, 0) is 9.84 Å². The second-order valence-electron chi connectivity index (χ2n) is 5.54. The molecule has 0 fully saturated rings. The monoisotopic (exact) mass is 441 g/mol. The second kappa shape index (κ2) is 7.16. The molecule has 0 radical (unpaired) electrons. The Hall–Kier alpha value is -2.26. The summed E-state index contributed by atoms with van der Waals surface area (Å²) in [6, 6.07) is 7.37. The van der Waals surface area contributed by atoms with Crippen LogP contribution in [0.5, 0.6) is 11.5 Å². The fourth-order valence-corrected chi connectivity index (χ4v) is 4.27. The molecular formula is C17H16BrNO6S. The molecule has 0 bridgehead atoms. The van der Waals surface area contributed by atoms with E-state index in [2.05, 4.69) is 15.9 Å². The van der Waals surface area contributed by atoms with Crippen molar-refractivity contribution in [2.75, 3.05) is 24.9 Å². The van der Waals surface area contributed by atoms with Gasteiger partial charge in [0.05, 0.1) is 31.7 Å². The Morgan fingerprint density at radius 3 is 2.54 bits per heavy atom. The van der Waals surface area contributed by atoms with Gasteiger partial charge in [0.2, 0.25) is 0 Å². The Labute approximate surface area is 159 Å². The van der Waals surface area contributed by atoms with E-state index in [0.717, 1.165) is 5.41 Å². The summed E-state index contributed by atoms with van der Waals surface area (Å²) in [7, 11) is -0.389. The molecule has 0 unspecified atom stereocenters. The van der Waals surface area contributed by atoms with Gasteiger partial charge < -0.3 is 13.9 Å². The van der Waals surface area contributed by atoms with E-state index in [1.807, 2.05) is 0 Å². The summed E-state index contributed by atoms with van der Waals surface area (Å²) >= 11 is 3.17.